The third-order valence-electron chi connectivity index (χ3n) is 4.08. The fourth-order valence-corrected chi connectivity index (χ4v) is 3.43. The van der Waals surface area contributed by atoms with Gasteiger partial charge in [0.05, 0.1) is 12.1 Å². The van der Waals surface area contributed by atoms with Crippen molar-refractivity contribution in [3.05, 3.63) is 81.8 Å². The van der Waals surface area contributed by atoms with Crippen LogP contribution in [0.2, 0.25) is 0 Å². The molecule has 140 valence electrons. The van der Waals surface area contributed by atoms with Gasteiger partial charge in [-0.1, -0.05) is 18.2 Å². The summed E-state index contributed by atoms with van der Waals surface area (Å²) < 4.78 is 20.0. The smallest absolute Gasteiger partial charge is 0.257 e. The summed E-state index contributed by atoms with van der Waals surface area (Å²) in [7, 11) is 1.66. The van der Waals surface area contributed by atoms with Gasteiger partial charge in [-0.25, -0.2) is 4.39 Å². The van der Waals surface area contributed by atoms with Crippen molar-refractivity contribution in [1.82, 2.24) is 4.90 Å². The molecule has 0 saturated heterocycles. The van der Waals surface area contributed by atoms with Crippen LogP contribution in [0.15, 0.2) is 60.0 Å². The molecule has 0 aliphatic carbocycles. The average Bonchev–Trinajstić information content (AvgIpc) is 3.17. The van der Waals surface area contributed by atoms with Gasteiger partial charge in [-0.3, -0.25) is 4.79 Å². The highest BCUT2D eigenvalue weighted by atomic mass is 32.1. The molecule has 3 aromatic rings. The summed E-state index contributed by atoms with van der Waals surface area (Å²) in [5, 5.41) is 1.95. The Labute approximate surface area is 162 Å². The Morgan fingerprint density at radius 3 is 2.56 bits per heavy atom. The van der Waals surface area contributed by atoms with Crippen LogP contribution in [0.5, 0.6) is 11.5 Å². The van der Waals surface area contributed by atoms with Gasteiger partial charge in [-0.05, 0) is 60.3 Å². The summed E-state index contributed by atoms with van der Waals surface area (Å²) in [5.41, 5.74) is 6.66. The number of thiophene rings is 1. The van der Waals surface area contributed by atoms with Crippen LogP contribution in [0.1, 0.15) is 20.8 Å². The maximum atomic E-state index is 14.2. The molecule has 0 unspecified atom stereocenters. The molecule has 0 aliphatic rings. The Balaban J connectivity index is 1.74. The molecular weight excluding hydrogens is 363 g/mol. The van der Waals surface area contributed by atoms with Crippen LogP contribution in [-0.2, 0) is 13.0 Å². The highest BCUT2D eigenvalue weighted by Gasteiger charge is 2.18. The molecule has 27 heavy (non-hydrogen) atoms. The quantitative estimate of drug-likeness (QED) is 0.655. The van der Waals surface area contributed by atoms with Crippen LogP contribution in [-0.4, -0.2) is 24.4 Å². The van der Waals surface area contributed by atoms with E-state index >= 15 is 0 Å². The largest absolute Gasteiger partial charge is 0.457 e. The van der Waals surface area contributed by atoms with Crippen molar-refractivity contribution in [3.8, 4) is 11.5 Å². The average molecular weight is 384 g/mol. The molecule has 6 heteroatoms. The number of hydrogen-bond donors (Lipinski definition) is 1. The molecular formula is C21H21FN2O2S. The molecule has 2 aromatic carbocycles. The zero-order chi connectivity index (χ0) is 19.2. The lowest BCUT2D eigenvalue weighted by molar-refractivity contribution is 0.0781. The number of nitrogens with zero attached hydrogens (tertiary/aromatic N) is 1. The van der Waals surface area contributed by atoms with E-state index in [1.54, 1.807) is 18.4 Å². The van der Waals surface area contributed by atoms with Gasteiger partial charge in [0.2, 0.25) is 0 Å². The van der Waals surface area contributed by atoms with E-state index < -0.39 is 5.82 Å². The SMILES string of the molecule is CN(Cc1cccs1)C(=O)c1cc(Oc2ccc(CCN)cc2)ccc1F. The van der Waals surface area contributed by atoms with Crippen molar-refractivity contribution in [2.75, 3.05) is 13.6 Å². The summed E-state index contributed by atoms with van der Waals surface area (Å²) >= 11 is 1.56. The first-order valence-corrected chi connectivity index (χ1v) is 9.49. The van der Waals surface area contributed by atoms with E-state index in [1.165, 1.54) is 23.1 Å². The normalized spacial score (nSPS) is 10.6. The number of ether oxygens (including phenoxy) is 1. The minimum atomic E-state index is -0.566. The summed E-state index contributed by atoms with van der Waals surface area (Å²) in [5.74, 6) is 0.0804. The Morgan fingerprint density at radius 2 is 1.89 bits per heavy atom. The van der Waals surface area contributed by atoms with E-state index in [1.807, 2.05) is 41.8 Å². The van der Waals surface area contributed by atoms with Gasteiger partial charge in [0.25, 0.3) is 5.91 Å². The second kappa shape index (κ2) is 8.79. The van der Waals surface area contributed by atoms with Crippen molar-refractivity contribution < 1.29 is 13.9 Å². The monoisotopic (exact) mass is 384 g/mol. The minimum Gasteiger partial charge on any atom is -0.457 e. The lowest BCUT2D eigenvalue weighted by Crippen LogP contribution is -2.26. The summed E-state index contributed by atoms with van der Waals surface area (Å²) in [6.45, 7) is 1.02. The standard InChI is InChI=1S/C21H21FN2O2S/c1-24(14-18-3-2-12-27-18)21(25)19-13-17(8-9-20(19)22)26-16-6-4-15(5-7-16)10-11-23/h2-9,12-13H,10-11,14,23H2,1H3. The molecule has 3 rings (SSSR count). The molecule has 1 amide bonds. The molecule has 4 nitrogen and oxygen atoms in total. The summed E-state index contributed by atoms with van der Waals surface area (Å²) in [6, 6.07) is 15.6. The second-order valence-corrected chi connectivity index (χ2v) is 7.20. The first kappa shape index (κ1) is 19.1. The van der Waals surface area contributed by atoms with Crippen molar-refractivity contribution in [3.63, 3.8) is 0 Å². The number of nitrogens with two attached hydrogens (primary N) is 1. The molecule has 0 aliphatic heterocycles. The Kier molecular flexibility index (Phi) is 6.21. The van der Waals surface area contributed by atoms with E-state index in [-0.39, 0.29) is 11.5 Å². The van der Waals surface area contributed by atoms with E-state index in [2.05, 4.69) is 0 Å². The molecule has 0 saturated carbocycles. The molecule has 0 atom stereocenters. The maximum absolute atomic E-state index is 14.2. The zero-order valence-electron chi connectivity index (χ0n) is 15.0. The van der Waals surface area contributed by atoms with Gasteiger partial charge < -0.3 is 15.4 Å². The first-order chi connectivity index (χ1) is 13.1. The number of carbonyl (C=O) groups excluding carboxylic acids is 1. The Hall–Kier alpha value is -2.70. The van der Waals surface area contributed by atoms with Crippen LogP contribution in [0, 0.1) is 5.82 Å². The van der Waals surface area contributed by atoms with Crippen molar-refractivity contribution in [2.45, 2.75) is 13.0 Å². The maximum Gasteiger partial charge on any atom is 0.257 e. The van der Waals surface area contributed by atoms with Gasteiger partial charge >= 0.3 is 0 Å². The number of hydrogen-bond acceptors (Lipinski definition) is 4. The minimum absolute atomic E-state index is 0.00805. The Morgan fingerprint density at radius 1 is 1.15 bits per heavy atom. The van der Waals surface area contributed by atoms with Crippen LogP contribution < -0.4 is 10.5 Å². The second-order valence-electron chi connectivity index (χ2n) is 6.17. The molecule has 0 spiro atoms. The van der Waals surface area contributed by atoms with Crippen molar-refractivity contribution >= 4 is 17.2 Å². The van der Waals surface area contributed by atoms with Gasteiger partial charge in [-0.2, -0.15) is 0 Å². The highest BCUT2D eigenvalue weighted by molar-refractivity contribution is 7.09. The van der Waals surface area contributed by atoms with Gasteiger partial charge in [-0.15, -0.1) is 11.3 Å². The fourth-order valence-electron chi connectivity index (χ4n) is 2.67. The third-order valence-corrected chi connectivity index (χ3v) is 4.94. The van der Waals surface area contributed by atoms with Gasteiger partial charge in [0.15, 0.2) is 0 Å². The molecule has 0 fully saturated rings. The van der Waals surface area contributed by atoms with E-state index in [4.69, 9.17) is 10.5 Å². The third kappa shape index (κ3) is 4.93. The molecule has 0 radical (unpaired) electrons. The number of halogens is 1. The lowest BCUT2D eigenvalue weighted by atomic mass is 10.1. The molecule has 2 N–H and O–H groups in total. The van der Waals surface area contributed by atoms with Crippen molar-refractivity contribution in [2.24, 2.45) is 5.73 Å². The zero-order valence-corrected chi connectivity index (χ0v) is 15.8. The number of carbonyl (C=O) groups is 1. The summed E-state index contributed by atoms with van der Waals surface area (Å²) in [4.78, 5) is 15.2. The summed E-state index contributed by atoms with van der Waals surface area (Å²) in [6.07, 6.45) is 0.798. The first-order valence-electron chi connectivity index (χ1n) is 8.61. The van der Waals surface area contributed by atoms with Crippen LogP contribution in [0.4, 0.5) is 4.39 Å². The fraction of sp³-hybridized carbons (Fsp3) is 0.190. The lowest BCUT2D eigenvalue weighted by Gasteiger charge is -2.17. The number of rotatable bonds is 7. The highest BCUT2D eigenvalue weighted by Crippen LogP contribution is 2.25. The molecule has 1 heterocycles. The molecule has 0 bridgehead atoms. The van der Waals surface area contributed by atoms with Crippen molar-refractivity contribution in [1.29, 1.82) is 0 Å². The van der Waals surface area contributed by atoms with E-state index in [9.17, 15) is 9.18 Å². The molecule has 1 aromatic heterocycles. The Bertz CT molecular complexity index is 895. The topological polar surface area (TPSA) is 55.6 Å². The number of benzene rings is 2. The van der Waals surface area contributed by atoms with Crippen LogP contribution in [0.25, 0.3) is 0 Å². The predicted molar refractivity (Wildman–Crippen MR) is 106 cm³/mol. The van der Waals surface area contributed by atoms with Gasteiger partial charge in [0.1, 0.15) is 17.3 Å². The van der Waals surface area contributed by atoms with Gasteiger partial charge in [0, 0.05) is 11.9 Å². The van der Waals surface area contributed by atoms with E-state index in [0.29, 0.717) is 24.6 Å². The van der Waals surface area contributed by atoms with Crippen LogP contribution in [0.3, 0.4) is 0 Å². The van der Waals surface area contributed by atoms with E-state index in [0.717, 1.165) is 16.9 Å². The number of amides is 1. The predicted octanol–water partition coefficient (Wildman–Crippen LogP) is 4.45. The van der Waals surface area contributed by atoms with Crippen LogP contribution >= 0.6 is 11.3 Å².